The molecule has 0 fully saturated rings. The maximum atomic E-state index is 12.6. The highest BCUT2D eigenvalue weighted by Crippen LogP contribution is 2.19. The molecule has 0 saturated carbocycles. The van der Waals surface area contributed by atoms with Crippen LogP contribution in [-0.4, -0.2) is 40.6 Å². The van der Waals surface area contributed by atoms with E-state index >= 15 is 0 Å². The molecule has 0 aliphatic heterocycles. The van der Waals surface area contributed by atoms with Gasteiger partial charge in [0.25, 0.3) is 0 Å². The molecule has 0 saturated heterocycles. The molecule has 0 aliphatic carbocycles. The predicted octanol–water partition coefficient (Wildman–Crippen LogP) is 2.13. The summed E-state index contributed by atoms with van der Waals surface area (Å²) < 4.78 is 0. The maximum absolute atomic E-state index is 12.6. The second kappa shape index (κ2) is 9.38. The lowest BCUT2D eigenvalue weighted by Gasteiger charge is -2.22. The van der Waals surface area contributed by atoms with Crippen molar-refractivity contribution in [1.82, 2.24) is 15.6 Å². The van der Waals surface area contributed by atoms with Crippen LogP contribution in [0.1, 0.15) is 39.2 Å². The quantitative estimate of drug-likeness (QED) is 0.552. The normalized spacial score (nSPS) is 13.6. The van der Waals surface area contributed by atoms with E-state index in [1.54, 1.807) is 0 Å². The first-order valence-corrected chi connectivity index (χ1v) is 9.24. The van der Waals surface area contributed by atoms with Gasteiger partial charge in [-0.1, -0.05) is 44.9 Å². The van der Waals surface area contributed by atoms with E-state index in [0.29, 0.717) is 6.42 Å². The second-order valence-corrected chi connectivity index (χ2v) is 6.71. The molecule has 2 amide bonds. The number of H-pyrrole nitrogens is 1. The van der Waals surface area contributed by atoms with Gasteiger partial charge in [0.15, 0.2) is 0 Å². The number of aromatic amines is 1. The van der Waals surface area contributed by atoms with Crippen LogP contribution in [0.2, 0.25) is 0 Å². The first-order chi connectivity index (χ1) is 12.5. The third-order valence-corrected chi connectivity index (χ3v) is 4.87. The molecule has 2 atom stereocenters. The number of fused-ring (bicyclic) bond motifs is 1. The van der Waals surface area contributed by atoms with Crippen LogP contribution in [-0.2, 0) is 16.0 Å². The average Bonchev–Trinajstić information content (AvgIpc) is 3.03. The minimum Gasteiger partial charge on any atom is -0.391 e. The monoisotopic (exact) mass is 359 g/mol. The molecule has 2 rings (SSSR count). The van der Waals surface area contributed by atoms with Gasteiger partial charge in [-0.3, -0.25) is 9.59 Å². The van der Waals surface area contributed by atoms with Crippen molar-refractivity contribution < 1.29 is 14.7 Å². The third kappa shape index (κ3) is 5.08. The maximum Gasteiger partial charge on any atom is 0.243 e. The van der Waals surface area contributed by atoms with E-state index in [4.69, 9.17) is 0 Å². The molecule has 1 heterocycles. The van der Waals surface area contributed by atoms with Gasteiger partial charge in [-0.15, -0.1) is 0 Å². The Bertz CT molecular complexity index is 737. The Labute approximate surface area is 154 Å². The fourth-order valence-corrected chi connectivity index (χ4v) is 3.30. The van der Waals surface area contributed by atoms with Crippen molar-refractivity contribution in [1.29, 1.82) is 0 Å². The molecule has 142 valence electrons. The number of benzene rings is 1. The number of para-hydroxylation sites is 1. The Hall–Kier alpha value is -2.34. The Balaban J connectivity index is 2.06. The van der Waals surface area contributed by atoms with E-state index in [0.717, 1.165) is 29.3 Å². The molecule has 6 heteroatoms. The van der Waals surface area contributed by atoms with Gasteiger partial charge in [0.2, 0.25) is 11.8 Å². The zero-order valence-electron chi connectivity index (χ0n) is 15.7. The lowest BCUT2D eigenvalue weighted by Crippen LogP contribution is -2.49. The number of amides is 2. The number of carbonyl (C=O) groups is 2. The molecule has 4 N–H and O–H groups in total. The standard InChI is InChI=1S/C20H29N3O3/c1-4-14(5-2)19(25)12-22-20(26)18(23-13(3)24)10-15-11-21-17-9-7-6-8-16(15)17/h6-9,11,14,18-19,21,25H,4-5,10,12H2,1-3H3,(H,22,26)(H,23,24). The molecule has 26 heavy (non-hydrogen) atoms. The molecule has 2 unspecified atom stereocenters. The van der Waals surface area contributed by atoms with Crippen molar-refractivity contribution in [2.75, 3.05) is 6.54 Å². The summed E-state index contributed by atoms with van der Waals surface area (Å²) in [5, 5.41) is 16.7. The van der Waals surface area contributed by atoms with E-state index in [9.17, 15) is 14.7 Å². The van der Waals surface area contributed by atoms with Crippen LogP contribution in [0, 0.1) is 5.92 Å². The Morgan fingerprint density at radius 1 is 1.19 bits per heavy atom. The molecule has 0 spiro atoms. The number of aliphatic hydroxyl groups is 1. The van der Waals surface area contributed by atoms with Crippen LogP contribution < -0.4 is 10.6 Å². The van der Waals surface area contributed by atoms with Gasteiger partial charge in [-0.05, 0) is 17.5 Å². The molecule has 0 bridgehead atoms. The molecular formula is C20H29N3O3. The van der Waals surface area contributed by atoms with E-state index in [1.165, 1.54) is 6.92 Å². The van der Waals surface area contributed by atoms with E-state index in [1.807, 2.05) is 44.3 Å². The Morgan fingerprint density at radius 3 is 2.54 bits per heavy atom. The van der Waals surface area contributed by atoms with Gasteiger partial charge >= 0.3 is 0 Å². The number of aromatic nitrogens is 1. The van der Waals surface area contributed by atoms with Gasteiger partial charge in [0.05, 0.1) is 6.10 Å². The highest BCUT2D eigenvalue weighted by Gasteiger charge is 2.23. The molecule has 0 aliphatic rings. The van der Waals surface area contributed by atoms with E-state index in [2.05, 4.69) is 15.6 Å². The fraction of sp³-hybridized carbons (Fsp3) is 0.500. The first-order valence-electron chi connectivity index (χ1n) is 9.24. The number of rotatable bonds is 9. The summed E-state index contributed by atoms with van der Waals surface area (Å²) in [5.74, 6) is -0.385. The van der Waals surface area contributed by atoms with Gasteiger partial charge in [0, 0.05) is 37.0 Å². The molecule has 1 aromatic heterocycles. The van der Waals surface area contributed by atoms with Gasteiger partial charge in [-0.25, -0.2) is 0 Å². The lowest BCUT2D eigenvalue weighted by atomic mass is 9.96. The van der Waals surface area contributed by atoms with Gasteiger partial charge in [-0.2, -0.15) is 0 Å². The lowest BCUT2D eigenvalue weighted by molar-refractivity contribution is -0.128. The van der Waals surface area contributed by atoms with Crippen molar-refractivity contribution in [2.45, 2.75) is 52.2 Å². The van der Waals surface area contributed by atoms with Crippen molar-refractivity contribution in [3.8, 4) is 0 Å². The van der Waals surface area contributed by atoms with Crippen LogP contribution in [0.5, 0.6) is 0 Å². The Morgan fingerprint density at radius 2 is 1.88 bits per heavy atom. The summed E-state index contributed by atoms with van der Waals surface area (Å²) in [5.41, 5.74) is 1.96. The summed E-state index contributed by atoms with van der Waals surface area (Å²) in [4.78, 5) is 27.3. The van der Waals surface area contributed by atoms with Gasteiger partial charge in [0.1, 0.15) is 6.04 Å². The topological polar surface area (TPSA) is 94.2 Å². The average molecular weight is 359 g/mol. The molecular weight excluding hydrogens is 330 g/mol. The van der Waals surface area contributed by atoms with Gasteiger partial charge < -0.3 is 20.7 Å². The summed E-state index contributed by atoms with van der Waals surface area (Å²) in [6, 6.07) is 7.17. The molecule has 6 nitrogen and oxygen atoms in total. The van der Waals surface area contributed by atoms with Crippen molar-refractivity contribution in [2.24, 2.45) is 5.92 Å². The van der Waals surface area contributed by atoms with Crippen molar-refractivity contribution >= 4 is 22.7 Å². The SMILES string of the molecule is CCC(CC)C(O)CNC(=O)C(Cc1c[nH]c2ccccc12)NC(C)=O. The van der Waals surface area contributed by atoms with Crippen molar-refractivity contribution in [3.63, 3.8) is 0 Å². The summed E-state index contributed by atoms with van der Waals surface area (Å²) in [6.45, 7) is 5.64. The number of aliphatic hydroxyl groups excluding tert-OH is 1. The third-order valence-electron chi connectivity index (χ3n) is 4.87. The Kier molecular flexibility index (Phi) is 7.21. The van der Waals surface area contributed by atoms with Crippen LogP contribution in [0.4, 0.5) is 0 Å². The van der Waals surface area contributed by atoms with Crippen LogP contribution in [0.3, 0.4) is 0 Å². The minimum absolute atomic E-state index is 0.156. The van der Waals surface area contributed by atoms with Crippen LogP contribution in [0.15, 0.2) is 30.5 Å². The molecule has 2 aromatic rings. The number of hydrogen-bond acceptors (Lipinski definition) is 3. The predicted molar refractivity (Wildman–Crippen MR) is 103 cm³/mol. The molecule has 0 radical (unpaired) electrons. The highest BCUT2D eigenvalue weighted by molar-refractivity contribution is 5.89. The molecule has 1 aromatic carbocycles. The number of carbonyl (C=O) groups excluding carboxylic acids is 2. The summed E-state index contributed by atoms with van der Waals surface area (Å²) in [6.07, 6.45) is 3.39. The van der Waals surface area contributed by atoms with Crippen molar-refractivity contribution in [3.05, 3.63) is 36.0 Å². The smallest absolute Gasteiger partial charge is 0.243 e. The second-order valence-electron chi connectivity index (χ2n) is 6.71. The zero-order valence-corrected chi connectivity index (χ0v) is 15.7. The van der Waals surface area contributed by atoms with Crippen LogP contribution in [0.25, 0.3) is 10.9 Å². The number of hydrogen-bond donors (Lipinski definition) is 4. The van der Waals surface area contributed by atoms with Crippen LogP contribution >= 0.6 is 0 Å². The number of nitrogens with one attached hydrogen (secondary N) is 3. The largest absolute Gasteiger partial charge is 0.391 e. The minimum atomic E-state index is -0.680. The summed E-state index contributed by atoms with van der Waals surface area (Å²) in [7, 11) is 0. The van der Waals surface area contributed by atoms with E-state index in [-0.39, 0.29) is 24.3 Å². The highest BCUT2D eigenvalue weighted by atomic mass is 16.3. The summed E-state index contributed by atoms with van der Waals surface area (Å²) >= 11 is 0. The zero-order chi connectivity index (χ0) is 19.1. The van der Waals surface area contributed by atoms with E-state index < -0.39 is 12.1 Å². The first kappa shape index (κ1) is 20.0. The fourth-order valence-electron chi connectivity index (χ4n) is 3.30.